The Kier molecular flexibility index (Phi) is 6.75. The Hall–Kier alpha value is -1.49. The van der Waals surface area contributed by atoms with E-state index in [0.29, 0.717) is 12.2 Å². The van der Waals surface area contributed by atoms with Gasteiger partial charge in [0.05, 0.1) is 0 Å². The van der Waals surface area contributed by atoms with Gasteiger partial charge in [-0.3, -0.25) is 4.79 Å². The summed E-state index contributed by atoms with van der Waals surface area (Å²) in [7, 11) is 0. The average molecular weight is 309 g/mol. The molecule has 0 saturated carbocycles. The Morgan fingerprint density at radius 2 is 1.86 bits per heavy atom. The third kappa shape index (κ3) is 8.40. The van der Waals surface area contributed by atoms with E-state index in [1.807, 2.05) is 51.1 Å². The van der Waals surface area contributed by atoms with Gasteiger partial charge in [0.1, 0.15) is 11.4 Å². The summed E-state index contributed by atoms with van der Waals surface area (Å²) in [6.07, 6.45) is -0.179. The molecule has 0 radical (unpaired) electrons. The number of thioether (sulfide) groups is 1. The van der Waals surface area contributed by atoms with Gasteiger partial charge in [-0.05, 0) is 39.8 Å². The molecule has 5 heteroatoms. The van der Waals surface area contributed by atoms with Crippen molar-refractivity contribution in [2.24, 2.45) is 0 Å². The van der Waals surface area contributed by atoms with Gasteiger partial charge in [-0.1, -0.05) is 18.2 Å². The third-order valence-corrected chi connectivity index (χ3v) is 3.62. The molecule has 0 aromatic heterocycles. The molecule has 1 atom stereocenters. The van der Waals surface area contributed by atoms with Crippen LogP contribution < -0.4 is 5.32 Å². The van der Waals surface area contributed by atoms with Crippen molar-refractivity contribution in [3.8, 4) is 0 Å². The van der Waals surface area contributed by atoms with Gasteiger partial charge in [0.2, 0.25) is 0 Å². The van der Waals surface area contributed by atoms with Crippen LogP contribution in [0.2, 0.25) is 0 Å². The van der Waals surface area contributed by atoms with E-state index in [4.69, 9.17) is 4.74 Å². The smallest absolute Gasteiger partial charge is 0.407 e. The molecule has 1 aromatic rings. The van der Waals surface area contributed by atoms with Crippen LogP contribution in [0.1, 0.15) is 34.1 Å². The molecule has 1 N–H and O–H groups in total. The van der Waals surface area contributed by atoms with Gasteiger partial charge >= 0.3 is 6.09 Å². The number of nitrogens with one attached hydrogen (secondary N) is 1. The van der Waals surface area contributed by atoms with Crippen molar-refractivity contribution in [1.29, 1.82) is 0 Å². The zero-order valence-electron chi connectivity index (χ0n) is 13.0. The van der Waals surface area contributed by atoms with Gasteiger partial charge in [-0.25, -0.2) is 4.79 Å². The molecule has 4 nitrogen and oxygen atoms in total. The highest BCUT2D eigenvalue weighted by molar-refractivity contribution is 7.99. The highest BCUT2D eigenvalue weighted by Crippen LogP contribution is 2.19. The number of rotatable bonds is 6. The van der Waals surface area contributed by atoms with Gasteiger partial charge in [0, 0.05) is 23.1 Å². The van der Waals surface area contributed by atoms with Gasteiger partial charge in [-0.15, -0.1) is 11.8 Å². The van der Waals surface area contributed by atoms with Gasteiger partial charge in [0.25, 0.3) is 0 Å². The van der Waals surface area contributed by atoms with Crippen molar-refractivity contribution in [1.82, 2.24) is 5.32 Å². The number of ketones is 1. The minimum absolute atomic E-state index is 0.0460. The number of carbonyl (C=O) groups excluding carboxylic acids is 2. The molecule has 0 aliphatic rings. The summed E-state index contributed by atoms with van der Waals surface area (Å²) in [4.78, 5) is 24.2. The molecular formula is C16H23NO3S. The molecule has 116 valence electrons. The first-order valence-electron chi connectivity index (χ1n) is 6.93. The van der Waals surface area contributed by atoms with E-state index in [2.05, 4.69) is 5.32 Å². The van der Waals surface area contributed by atoms with Crippen molar-refractivity contribution in [3.05, 3.63) is 30.3 Å². The average Bonchev–Trinajstić information content (AvgIpc) is 2.34. The van der Waals surface area contributed by atoms with E-state index in [9.17, 15) is 9.59 Å². The highest BCUT2D eigenvalue weighted by atomic mass is 32.2. The second-order valence-electron chi connectivity index (χ2n) is 5.87. The maximum atomic E-state index is 11.8. The number of alkyl carbamates (subject to hydrolysis) is 1. The van der Waals surface area contributed by atoms with Crippen molar-refractivity contribution in [3.63, 3.8) is 0 Å². The number of hydrogen-bond donors (Lipinski definition) is 1. The van der Waals surface area contributed by atoms with Crippen LogP contribution in [0.4, 0.5) is 4.79 Å². The van der Waals surface area contributed by atoms with E-state index in [1.165, 1.54) is 6.92 Å². The largest absolute Gasteiger partial charge is 0.444 e. The van der Waals surface area contributed by atoms with Crippen molar-refractivity contribution in [2.75, 3.05) is 5.75 Å². The first-order chi connectivity index (χ1) is 9.76. The highest BCUT2D eigenvalue weighted by Gasteiger charge is 2.20. The Balaban J connectivity index is 2.55. The number of Topliss-reactive ketones (excluding diaryl/α,β-unsaturated/α-hetero) is 1. The predicted molar refractivity (Wildman–Crippen MR) is 85.6 cm³/mol. The monoisotopic (exact) mass is 309 g/mol. The summed E-state index contributed by atoms with van der Waals surface area (Å²) < 4.78 is 5.23. The summed E-state index contributed by atoms with van der Waals surface area (Å²) in [6.45, 7) is 6.96. The van der Waals surface area contributed by atoms with Crippen LogP contribution in [-0.2, 0) is 9.53 Å². The molecule has 0 aliphatic heterocycles. The van der Waals surface area contributed by atoms with E-state index >= 15 is 0 Å². The Morgan fingerprint density at radius 3 is 2.38 bits per heavy atom. The minimum atomic E-state index is -0.544. The maximum absolute atomic E-state index is 11.8. The molecule has 0 fully saturated rings. The lowest BCUT2D eigenvalue weighted by molar-refractivity contribution is -0.117. The molecule has 0 heterocycles. The summed E-state index contributed by atoms with van der Waals surface area (Å²) >= 11 is 1.61. The van der Waals surface area contributed by atoms with E-state index in [1.54, 1.807) is 11.8 Å². The normalized spacial score (nSPS) is 12.6. The molecule has 0 spiro atoms. The lowest BCUT2D eigenvalue weighted by Gasteiger charge is -2.23. The summed E-state index contributed by atoms with van der Waals surface area (Å²) in [6, 6.07) is 9.65. The van der Waals surface area contributed by atoms with Crippen LogP contribution in [0.3, 0.4) is 0 Å². The number of ether oxygens (including phenoxy) is 1. The molecule has 0 aliphatic carbocycles. The summed E-state index contributed by atoms with van der Waals surface area (Å²) in [5.41, 5.74) is -0.544. The second kappa shape index (κ2) is 8.08. The molecule has 21 heavy (non-hydrogen) atoms. The molecule has 0 saturated heterocycles. The van der Waals surface area contributed by atoms with Crippen molar-refractivity contribution >= 4 is 23.6 Å². The van der Waals surface area contributed by atoms with E-state index in [0.717, 1.165) is 4.90 Å². The van der Waals surface area contributed by atoms with Crippen molar-refractivity contribution < 1.29 is 14.3 Å². The fraction of sp³-hybridized carbons (Fsp3) is 0.500. The first-order valence-corrected chi connectivity index (χ1v) is 7.91. The lowest BCUT2D eigenvalue weighted by Crippen LogP contribution is -2.41. The Morgan fingerprint density at radius 1 is 1.24 bits per heavy atom. The van der Waals surface area contributed by atoms with Crippen LogP contribution >= 0.6 is 11.8 Å². The standard InChI is InChI=1S/C16H23NO3S/c1-12(18)10-13(17-15(19)20-16(2,3)4)11-21-14-8-6-5-7-9-14/h5-9,13H,10-11H2,1-4H3,(H,17,19)/t13-/m0/s1. The minimum Gasteiger partial charge on any atom is -0.444 e. The number of carbonyl (C=O) groups is 2. The lowest BCUT2D eigenvalue weighted by atomic mass is 10.2. The number of amides is 1. The Labute approximate surface area is 130 Å². The predicted octanol–water partition coefficient (Wildman–Crippen LogP) is 3.65. The van der Waals surface area contributed by atoms with Crippen LogP contribution in [-0.4, -0.2) is 29.3 Å². The number of hydrogen-bond acceptors (Lipinski definition) is 4. The molecule has 0 bridgehead atoms. The zero-order valence-corrected chi connectivity index (χ0v) is 13.8. The quantitative estimate of drug-likeness (QED) is 0.815. The second-order valence-corrected chi connectivity index (χ2v) is 6.97. The van der Waals surface area contributed by atoms with E-state index in [-0.39, 0.29) is 11.8 Å². The topological polar surface area (TPSA) is 55.4 Å². The molecule has 1 amide bonds. The van der Waals surface area contributed by atoms with Crippen LogP contribution in [0.25, 0.3) is 0 Å². The van der Waals surface area contributed by atoms with Gasteiger partial charge < -0.3 is 10.1 Å². The molecule has 0 unspecified atom stereocenters. The summed E-state index contributed by atoms with van der Waals surface area (Å²) in [5, 5.41) is 2.77. The van der Waals surface area contributed by atoms with E-state index < -0.39 is 11.7 Å². The first kappa shape index (κ1) is 17.6. The third-order valence-electron chi connectivity index (χ3n) is 2.45. The van der Waals surface area contributed by atoms with Gasteiger partial charge in [-0.2, -0.15) is 0 Å². The van der Waals surface area contributed by atoms with Gasteiger partial charge in [0.15, 0.2) is 0 Å². The molecule has 1 aromatic carbocycles. The maximum Gasteiger partial charge on any atom is 0.407 e. The summed E-state index contributed by atoms with van der Waals surface area (Å²) in [5.74, 6) is 0.674. The van der Waals surface area contributed by atoms with Crippen LogP contribution in [0.5, 0.6) is 0 Å². The SMILES string of the molecule is CC(=O)C[C@@H](CSc1ccccc1)NC(=O)OC(C)(C)C. The number of benzene rings is 1. The fourth-order valence-electron chi connectivity index (χ4n) is 1.69. The van der Waals surface area contributed by atoms with Crippen LogP contribution in [0, 0.1) is 0 Å². The zero-order chi connectivity index (χ0) is 15.9. The van der Waals surface area contributed by atoms with Crippen molar-refractivity contribution in [2.45, 2.75) is 50.7 Å². The molecule has 1 rings (SSSR count). The fourth-order valence-corrected chi connectivity index (χ4v) is 2.63. The van der Waals surface area contributed by atoms with Crippen LogP contribution in [0.15, 0.2) is 35.2 Å². The Bertz CT molecular complexity index is 468. The molecular weight excluding hydrogens is 286 g/mol.